The molecule has 9 heteroatoms. The molecule has 2 fully saturated rings. The summed E-state index contributed by atoms with van der Waals surface area (Å²) in [6.45, 7) is 3.73. The number of fused-ring (bicyclic) bond motifs is 1. The molecule has 1 saturated heterocycles. The number of nitrogens with zero attached hydrogens (tertiary/aromatic N) is 5. The number of carbonyl (C=O) groups is 1. The average Bonchev–Trinajstić information content (AvgIpc) is 3.19. The first kappa shape index (κ1) is 17.3. The molecule has 1 saturated carbocycles. The normalized spacial score (nSPS) is 22.7. The Morgan fingerprint density at radius 3 is 2.85 bits per heavy atom. The second-order valence-electron chi connectivity index (χ2n) is 7.06. The van der Waals surface area contributed by atoms with Gasteiger partial charge < -0.3 is 14.7 Å². The first-order valence-corrected chi connectivity index (χ1v) is 9.05. The lowest BCUT2D eigenvalue weighted by molar-refractivity contribution is -0.123. The van der Waals surface area contributed by atoms with Crippen molar-refractivity contribution >= 4 is 23.3 Å². The van der Waals surface area contributed by atoms with Gasteiger partial charge in [0.1, 0.15) is 12.6 Å². The molecule has 7 nitrogen and oxygen atoms in total. The number of hydrogen-bond acceptors (Lipinski definition) is 6. The number of carbonyl (C=O) groups excluding carboxylic acids is 1. The lowest BCUT2D eigenvalue weighted by Crippen LogP contribution is -2.54. The van der Waals surface area contributed by atoms with Gasteiger partial charge in [-0.3, -0.25) is 4.90 Å². The maximum Gasteiger partial charge on any atom is 0.295 e. The molecular weight excluding hydrogens is 342 g/mol. The number of hydrogen-bond donors (Lipinski definition) is 1. The highest BCUT2D eigenvalue weighted by Gasteiger charge is 2.45. The van der Waals surface area contributed by atoms with Crippen molar-refractivity contribution in [1.29, 1.82) is 0 Å². The lowest BCUT2D eigenvalue weighted by Gasteiger charge is -2.44. The number of alkyl halides is 2. The zero-order valence-electron chi connectivity index (χ0n) is 14.7. The molecule has 0 aromatic carbocycles. The molecule has 4 rings (SSSR count). The van der Waals surface area contributed by atoms with Crippen molar-refractivity contribution in [3.63, 3.8) is 0 Å². The number of rotatable bonds is 6. The van der Waals surface area contributed by atoms with E-state index in [9.17, 15) is 13.6 Å². The van der Waals surface area contributed by atoms with Crippen LogP contribution in [-0.4, -0.2) is 55.4 Å². The van der Waals surface area contributed by atoms with Gasteiger partial charge in [-0.1, -0.05) is 0 Å². The number of halogens is 2. The van der Waals surface area contributed by atoms with Gasteiger partial charge in [0, 0.05) is 25.7 Å². The van der Waals surface area contributed by atoms with E-state index in [-0.39, 0.29) is 17.4 Å². The maximum absolute atomic E-state index is 13.3. The van der Waals surface area contributed by atoms with Crippen molar-refractivity contribution in [2.24, 2.45) is 0 Å². The van der Waals surface area contributed by atoms with Gasteiger partial charge in [-0.05, 0) is 32.6 Å². The van der Waals surface area contributed by atoms with Crippen molar-refractivity contribution < 1.29 is 13.6 Å². The van der Waals surface area contributed by atoms with Gasteiger partial charge in [-0.2, -0.15) is 0 Å². The Morgan fingerprint density at radius 2 is 2.23 bits per heavy atom. The standard InChI is InChI=1S/C17H22F2N6O/c1-2-25-15-12(23-16(25)13(18)19)14(20-10-21-15)22-11-4-7-24(8-11)17(9-26)5-3-6-17/h9-11,13H,2-8H2,1H3,(H,20,21,22). The van der Waals surface area contributed by atoms with Crippen LogP contribution in [-0.2, 0) is 11.3 Å². The van der Waals surface area contributed by atoms with Crippen LogP contribution in [0.4, 0.5) is 14.6 Å². The van der Waals surface area contributed by atoms with Crippen LogP contribution in [0.5, 0.6) is 0 Å². The summed E-state index contributed by atoms with van der Waals surface area (Å²) >= 11 is 0. The number of likely N-dealkylation sites (tertiary alicyclic amines) is 1. The topological polar surface area (TPSA) is 75.9 Å². The van der Waals surface area contributed by atoms with E-state index in [1.807, 2.05) is 0 Å². The van der Waals surface area contributed by atoms with Crippen molar-refractivity contribution in [2.45, 2.75) is 57.2 Å². The minimum Gasteiger partial charge on any atom is -0.364 e. The van der Waals surface area contributed by atoms with Gasteiger partial charge in [0.05, 0.1) is 5.54 Å². The zero-order chi connectivity index (χ0) is 18.3. The molecule has 0 radical (unpaired) electrons. The van der Waals surface area contributed by atoms with Crippen LogP contribution >= 0.6 is 0 Å². The second kappa shape index (κ2) is 6.53. The molecule has 2 aliphatic rings. The Kier molecular flexibility index (Phi) is 4.34. The molecule has 0 spiro atoms. The third-order valence-electron chi connectivity index (χ3n) is 5.67. The summed E-state index contributed by atoms with van der Waals surface area (Å²) in [6, 6.07) is 0.104. The quantitative estimate of drug-likeness (QED) is 0.794. The SMILES string of the molecule is CCn1c(C(F)F)nc2c(NC3CCN(C4(C=O)CCC4)C3)ncnc21. The van der Waals surface area contributed by atoms with Crippen LogP contribution in [0.2, 0.25) is 0 Å². The Hall–Kier alpha value is -2.16. The molecule has 1 atom stereocenters. The molecule has 0 bridgehead atoms. The minimum atomic E-state index is -2.66. The summed E-state index contributed by atoms with van der Waals surface area (Å²) in [5.41, 5.74) is 0.486. The van der Waals surface area contributed by atoms with Crippen LogP contribution < -0.4 is 5.32 Å². The number of anilines is 1. The Labute approximate surface area is 149 Å². The van der Waals surface area contributed by atoms with E-state index in [1.165, 1.54) is 10.9 Å². The van der Waals surface area contributed by atoms with E-state index in [0.717, 1.165) is 45.1 Å². The summed E-state index contributed by atoms with van der Waals surface area (Å²) in [5, 5.41) is 3.33. The molecule has 1 aliphatic heterocycles. The molecule has 140 valence electrons. The highest BCUT2D eigenvalue weighted by molar-refractivity contribution is 5.83. The van der Waals surface area contributed by atoms with Gasteiger partial charge in [-0.25, -0.2) is 23.7 Å². The molecule has 1 N–H and O–H groups in total. The summed E-state index contributed by atoms with van der Waals surface area (Å²) in [4.78, 5) is 26.2. The van der Waals surface area contributed by atoms with Crippen LogP contribution in [0.25, 0.3) is 11.2 Å². The fourth-order valence-corrected chi connectivity index (χ4v) is 4.06. The smallest absolute Gasteiger partial charge is 0.295 e. The third-order valence-corrected chi connectivity index (χ3v) is 5.67. The van der Waals surface area contributed by atoms with Crippen LogP contribution in [0, 0.1) is 0 Å². The van der Waals surface area contributed by atoms with Crippen molar-refractivity contribution in [2.75, 3.05) is 18.4 Å². The van der Waals surface area contributed by atoms with Crippen molar-refractivity contribution in [3.05, 3.63) is 12.2 Å². The Balaban J connectivity index is 1.57. The average molecular weight is 364 g/mol. The largest absolute Gasteiger partial charge is 0.364 e. The highest BCUT2D eigenvalue weighted by atomic mass is 19.3. The minimum absolute atomic E-state index is 0.104. The summed E-state index contributed by atoms with van der Waals surface area (Å²) in [5.74, 6) is 0.193. The molecular formula is C17H22F2N6O. The highest BCUT2D eigenvalue weighted by Crippen LogP contribution is 2.38. The van der Waals surface area contributed by atoms with Crippen molar-refractivity contribution in [1.82, 2.24) is 24.4 Å². The van der Waals surface area contributed by atoms with E-state index in [4.69, 9.17) is 0 Å². The predicted octanol–water partition coefficient (Wildman–Crippen LogP) is 2.39. The first-order valence-electron chi connectivity index (χ1n) is 9.05. The lowest BCUT2D eigenvalue weighted by atomic mass is 9.77. The maximum atomic E-state index is 13.3. The van der Waals surface area contributed by atoms with Gasteiger partial charge in [0.2, 0.25) is 0 Å². The molecule has 0 amide bonds. The fraction of sp³-hybridized carbons (Fsp3) is 0.647. The Bertz CT molecular complexity index is 819. The predicted molar refractivity (Wildman–Crippen MR) is 92.2 cm³/mol. The molecule has 2 aromatic heterocycles. The molecule has 2 aromatic rings. The third kappa shape index (κ3) is 2.65. The fourth-order valence-electron chi connectivity index (χ4n) is 4.06. The summed E-state index contributed by atoms with van der Waals surface area (Å²) in [6.07, 6.45) is 3.59. The van der Waals surface area contributed by atoms with Gasteiger partial charge in [0.25, 0.3) is 6.43 Å². The van der Waals surface area contributed by atoms with Gasteiger partial charge >= 0.3 is 0 Å². The first-order chi connectivity index (χ1) is 12.6. The van der Waals surface area contributed by atoms with Crippen molar-refractivity contribution in [3.8, 4) is 0 Å². The van der Waals surface area contributed by atoms with Crippen LogP contribution in [0.15, 0.2) is 6.33 Å². The van der Waals surface area contributed by atoms with E-state index in [2.05, 4.69) is 25.2 Å². The molecule has 3 heterocycles. The van der Waals surface area contributed by atoms with Crippen LogP contribution in [0.1, 0.15) is 44.9 Å². The van der Waals surface area contributed by atoms with E-state index < -0.39 is 6.43 Å². The number of imidazole rings is 1. The molecule has 1 unspecified atom stereocenters. The zero-order valence-corrected chi connectivity index (χ0v) is 14.7. The summed E-state index contributed by atoms with van der Waals surface area (Å²) < 4.78 is 27.9. The van der Waals surface area contributed by atoms with Gasteiger partial charge in [0.15, 0.2) is 22.8 Å². The van der Waals surface area contributed by atoms with E-state index in [0.29, 0.717) is 23.5 Å². The number of aromatic nitrogens is 4. The van der Waals surface area contributed by atoms with Crippen LogP contribution in [0.3, 0.4) is 0 Å². The Morgan fingerprint density at radius 1 is 1.42 bits per heavy atom. The summed E-state index contributed by atoms with van der Waals surface area (Å²) in [7, 11) is 0. The number of nitrogens with one attached hydrogen (secondary N) is 1. The molecule has 1 aliphatic carbocycles. The number of aldehydes is 1. The number of aryl methyl sites for hydroxylation is 1. The van der Waals surface area contributed by atoms with Gasteiger partial charge in [-0.15, -0.1) is 0 Å². The molecule has 26 heavy (non-hydrogen) atoms. The van der Waals surface area contributed by atoms with E-state index in [1.54, 1.807) is 6.92 Å². The van der Waals surface area contributed by atoms with E-state index >= 15 is 0 Å². The monoisotopic (exact) mass is 364 g/mol. The second-order valence-corrected chi connectivity index (χ2v) is 7.06.